The molecular formula is C18H15N. The fraction of sp³-hybridized carbons (Fsp3) is 0. The number of nitrogens with two attached hydrogens (primary N) is 1. The minimum atomic E-state index is 0.806. The molecule has 0 amide bonds. The zero-order valence-electron chi connectivity index (χ0n) is 10.6. The Bertz CT molecular complexity index is 727. The molecule has 0 saturated carbocycles. The van der Waals surface area contributed by atoms with Gasteiger partial charge in [-0.05, 0) is 40.1 Å². The van der Waals surface area contributed by atoms with Crippen LogP contribution >= 0.6 is 0 Å². The van der Waals surface area contributed by atoms with Crippen LogP contribution in [0.4, 0.5) is 5.69 Å². The van der Waals surface area contributed by atoms with E-state index in [1.165, 1.54) is 21.9 Å². The van der Waals surface area contributed by atoms with E-state index in [9.17, 15) is 0 Å². The molecule has 0 saturated heterocycles. The van der Waals surface area contributed by atoms with Crippen LogP contribution in [-0.2, 0) is 0 Å². The Labute approximate surface area is 113 Å². The first-order chi connectivity index (χ1) is 9.31. The van der Waals surface area contributed by atoms with E-state index in [-0.39, 0.29) is 0 Å². The van der Waals surface area contributed by atoms with Crippen LogP contribution in [0.25, 0.3) is 22.9 Å². The molecule has 0 atom stereocenters. The third kappa shape index (κ3) is 2.66. The van der Waals surface area contributed by atoms with Gasteiger partial charge in [0.2, 0.25) is 0 Å². The normalized spacial score (nSPS) is 11.2. The summed E-state index contributed by atoms with van der Waals surface area (Å²) in [6.45, 7) is 0. The second-order valence-electron chi connectivity index (χ2n) is 4.61. The average Bonchev–Trinajstić information content (AvgIpc) is 2.46. The summed E-state index contributed by atoms with van der Waals surface area (Å²) in [5.74, 6) is 0. The van der Waals surface area contributed by atoms with Gasteiger partial charge in [0.1, 0.15) is 0 Å². The SMILES string of the molecule is Nc1ccc2cc(C=Cc3ccccc3)ccc2c1. The highest BCUT2D eigenvalue weighted by atomic mass is 14.5. The molecule has 3 rings (SSSR count). The van der Waals surface area contributed by atoms with Crippen molar-refractivity contribution in [2.45, 2.75) is 0 Å². The molecule has 1 nitrogen and oxygen atoms in total. The molecule has 0 aromatic heterocycles. The Morgan fingerprint density at radius 2 is 1.32 bits per heavy atom. The number of benzene rings is 3. The monoisotopic (exact) mass is 245 g/mol. The first kappa shape index (κ1) is 11.5. The van der Waals surface area contributed by atoms with Gasteiger partial charge in [-0.3, -0.25) is 0 Å². The van der Waals surface area contributed by atoms with Crippen molar-refractivity contribution in [3.63, 3.8) is 0 Å². The maximum atomic E-state index is 5.78. The third-order valence-corrected chi connectivity index (χ3v) is 3.16. The smallest absolute Gasteiger partial charge is 0.0320 e. The summed E-state index contributed by atoms with van der Waals surface area (Å²) in [5, 5.41) is 2.39. The number of hydrogen-bond donors (Lipinski definition) is 1. The lowest BCUT2D eigenvalue weighted by atomic mass is 10.1. The van der Waals surface area contributed by atoms with E-state index in [0.717, 1.165) is 5.69 Å². The molecule has 3 aromatic rings. The summed E-state index contributed by atoms with van der Waals surface area (Å²) in [7, 11) is 0. The molecule has 0 aliphatic carbocycles. The molecule has 1 heteroatoms. The number of rotatable bonds is 2. The van der Waals surface area contributed by atoms with Crippen LogP contribution < -0.4 is 5.73 Å². The molecule has 92 valence electrons. The maximum Gasteiger partial charge on any atom is 0.0320 e. The molecule has 0 radical (unpaired) electrons. The molecule has 0 heterocycles. The molecule has 19 heavy (non-hydrogen) atoms. The van der Waals surface area contributed by atoms with Gasteiger partial charge in [0.15, 0.2) is 0 Å². The summed E-state index contributed by atoms with van der Waals surface area (Å²) in [6, 6.07) is 22.7. The Hall–Kier alpha value is -2.54. The van der Waals surface area contributed by atoms with E-state index >= 15 is 0 Å². The van der Waals surface area contributed by atoms with Crippen LogP contribution in [0.5, 0.6) is 0 Å². The lowest BCUT2D eigenvalue weighted by Crippen LogP contribution is -1.83. The summed E-state index contributed by atoms with van der Waals surface area (Å²) in [4.78, 5) is 0. The number of hydrogen-bond acceptors (Lipinski definition) is 1. The molecule has 0 spiro atoms. The van der Waals surface area contributed by atoms with Crippen molar-refractivity contribution in [1.29, 1.82) is 0 Å². The van der Waals surface area contributed by atoms with Crippen molar-refractivity contribution in [3.8, 4) is 0 Å². The largest absolute Gasteiger partial charge is 0.399 e. The quantitative estimate of drug-likeness (QED) is 0.518. The van der Waals surface area contributed by atoms with Crippen molar-refractivity contribution < 1.29 is 0 Å². The van der Waals surface area contributed by atoms with Crippen LogP contribution in [0.1, 0.15) is 11.1 Å². The molecule has 0 bridgehead atoms. The fourth-order valence-electron chi connectivity index (χ4n) is 2.14. The van der Waals surface area contributed by atoms with E-state index in [2.05, 4.69) is 48.6 Å². The molecule has 0 aliphatic rings. The Kier molecular flexibility index (Phi) is 3.03. The lowest BCUT2D eigenvalue weighted by Gasteiger charge is -2.01. The van der Waals surface area contributed by atoms with Gasteiger partial charge in [0.25, 0.3) is 0 Å². The van der Waals surface area contributed by atoms with E-state index in [4.69, 9.17) is 5.73 Å². The lowest BCUT2D eigenvalue weighted by molar-refractivity contribution is 1.66. The highest BCUT2D eigenvalue weighted by Gasteiger charge is 1.95. The second kappa shape index (κ2) is 4.99. The van der Waals surface area contributed by atoms with Gasteiger partial charge < -0.3 is 5.73 Å². The van der Waals surface area contributed by atoms with E-state index < -0.39 is 0 Å². The third-order valence-electron chi connectivity index (χ3n) is 3.16. The first-order valence-electron chi connectivity index (χ1n) is 6.34. The highest BCUT2D eigenvalue weighted by Crippen LogP contribution is 2.20. The summed E-state index contributed by atoms with van der Waals surface area (Å²) >= 11 is 0. The minimum Gasteiger partial charge on any atom is -0.399 e. The topological polar surface area (TPSA) is 26.0 Å². The van der Waals surface area contributed by atoms with Gasteiger partial charge in [0, 0.05) is 5.69 Å². The molecular weight excluding hydrogens is 230 g/mol. The van der Waals surface area contributed by atoms with Gasteiger partial charge in [0.05, 0.1) is 0 Å². The summed E-state index contributed by atoms with van der Waals surface area (Å²) in [6.07, 6.45) is 4.25. The van der Waals surface area contributed by atoms with Crippen LogP contribution in [0.3, 0.4) is 0 Å². The van der Waals surface area contributed by atoms with Gasteiger partial charge in [-0.25, -0.2) is 0 Å². The zero-order valence-corrected chi connectivity index (χ0v) is 10.6. The van der Waals surface area contributed by atoms with Crippen molar-refractivity contribution in [3.05, 3.63) is 77.9 Å². The van der Waals surface area contributed by atoms with E-state index in [1.807, 2.05) is 30.3 Å². The fourth-order valence-corrected chi connectivity index (χ4v) is 2.14. The predicted octanol–water partition coefficient (Wildman–Crippen LogP) is 4.59. The average molecular weight is 245 g/mol. The maximum absolute atomic E-state index is 5.78. The Balaban J connectivity index is 1.94. The molecule has 3 aromatic carbocycles. The molecule has 0 fully saturated rings. The first-order valence-corrected chi connectivity index (χ1v) is 6.34. The predicted molar refractivity (Wildman–Crippen MR) is 83.7 cm³/mol. The summed E-state index contributed by atoms with van der Waals surface area (Å²) < 4.78 is 0. The Morgan fingerprint density at radius 1 is 0.632 bits per heavy atom. The van der Waals surface area contributed by atoms with Crippen LogP contribution in [0.15, 0.2) is 66.7 Å². The highest BCUT2D eigenvalue weighted by molar-refractivity contribution is 5.88. The van der Waals surface area contributed by atoms with Crippen molar-refractivity contribution in [2.75, 3.05) is 5.73 Å². The van der Waals surface area contributed by atoms with Gasteiger partial charge in [-0.1, -0.05) is 60.7 Å². The van der Waals surface area contributed by atoms with E-state index in [0.29, 0.717) is 0 Å². The van der Waals surface area contributed by atoms with Crippen molar-refractivity contribution >= 4 is 28.6 Å². The van der Waals surface area contributed by atoms with Gasteiger partial charge >= 0.3 is 0 Å². The van der Waals surface area contributed by atoms with Crippen LogP contribution in [0, 0.1) is 0 Å². The molecule has 0 aliphatic heterocycles. The standard InChI is InChI=1S/C18H15N/c19-18-11-10-16-12-15(8-9-17(16)13-18)7-6-14-4-2-1-3-5-14/h1-13H,19H2. The minimum absolute atomic E-state index is 0.806. The molecule has 0 unspecified atom stereocenters. The number of anilines is 1. The second-order valence-corrected chi connectivity index (χ2v) is 4.61. The van der Waals surface area contributed by atoms with Crippen LogP contribution in [-0.4, -0.2) is 0 Å². The van der Waals surface area contributed by atoms with Gasteiger partial charge in [-0.2, -0.15) is 0 Å². The van der Waals surface area contributed by atoms with Crippen molar-refractivity contribution in [1.82, 2.24) is 0 Å². The van der Waals surface area contributed by atoms with E-state index in [1.54, 1.807) is 0 Å². The number of fused-ring (bicyclic) bond motifs is 1. The number of nitrogen functional groups attached to an aromatic ring is 1. The van der Waals surface area contributed by atoms with Gasteiger partial charge in [-0.15, -0.1) is 0 Å². The summed E-state index contributed by atoms with van der Waals surface area (Å²) in [5.41, 5.74) is 8.99. The van der Waals surface area contributed by atoms with Crippen molar-refractivity contribution in [2.24, 2.45) is 0 Å². The molecule has 2 N–H and O–H groups in total. The Morgan fingerprint density at radius 3 is 2.16 bits per heavy atom. The zero-order chi connectivity index (χ0) is 13.1. The van der Waals surface area contributed by atoms with Crippen LogP contribution in [0.2, 0.25) is 0 Å².